The normalized spacial score (nSPS) is 10.9. The van der Waals surface area contributed by atoms with Crippen LogP contribution in [-0.4, -0.2) is 30.6 Å². The van der Waals surface area contributed by atoms with Crippen molar-refractivity contribution in [3.05, 3.63) is 12.2 Å². The first-order valence-electron chi connectivity index (χ1n) is 4.90. The Morgan fingerprint density at radius 3 is 2.18 bits per heavy atom. The van der Waals surface area contributed by atoms with Crippen LogP contribution >= 0.6 is 22.6 Å². The van der Waals surface area contributed by atoms with E-state index in [0.29, 0.717) is 0 Å². The number of hydrogen-bond acceptors (Lipinski definition) is 4. The van der Waals surface area contributed by atoms with Crippen LogP contribution in [0.3, 0.4) is 0 Å². The molecule has 0 radical (unpaired) electrons. The van der Waals surface area contributed by atoms with Crippen molar-refractivity contribution in [1.82, 2.24) is 0 Å². The highest BCUT2D eigenvalue weighted by Gasteiger charge is 2.46. The molecule has 0 bridgehead atoms. The van der Waals surface area contributed by atoms with E-state index in [2.05, 4.69) is 38.0 Å². The second-order valence-electron chi connectivity index (χ2n) is 3.28. The first kappa shape index (κ1) is 16.0. The molecule has 0 fully saturated rings. The summed E-state index contributed by atoms with van der Waals surface area (Å²) < 4.78 is 10.1. The van der Waals surface area contributed by atoms with Gasteiger partial charge in [0.15, 0.2) is 5.41 Å². The molecule has 0 N–H and O–H groups in total. The molecule has 0 aromatic carbocycles. The third-order valence-electron chi connectivity index (χ3n) is 2.28. The molecule has 0 rings (SSSR count). The Morgan fingerprint density at radius 2 is 1.82 bits per heavy atom. The predicted molar refractivity (Wildman–Crippen MR) is 72.6 cm³/mol. The minimum atomic E-state index is -1.43. The zero-order valence-corrected chi connectivity index (χ0v) is 12.0. The molecule has 0 atom stereocenters. The van der Waals surface area contributed by atoms with Crippen LogP contribution in [0.1, 0.15) is 12.8 Å². The fourth-order valence-corrected chi connectivity index (χ4v) is 1.74. The van der Waals surface area contributed by atoms with Crippen molar-refractivity contribution >= 4 is 34.5 Å². The van der Waals surface area contributed by atoms with E-state index in [1.165, 1.54) is 14.2 Å². The van der Waals surface area contributed by atoms with Crippen molar-refractivity contribution in [2.75, 3.05) is 18.6 Å². The van der Waals surface area contributed by atoms with Gasteiger partial charge in [-0.1, -0.05) is 34.7 Å². The van der Waals surface area contributed by atoms with Crippen molar-refractivity contribution in [1.29, 1.82) is 0 Å². The molecular weight excluding hydrogens is 335 g/mol. The second kappa shape index (κ2) is 8.12. The fourth-order valence-electron chi connectivity index (χ4n) is 1.38. The molecule has 0 amide bonds. The van der Waals surface area contributed by atoms with Crippen molar-refractivity contribution in [2.45, 2.75) is 12.8 Å². The third-order valence-corrected chi connectivity index (χ3v) is 2.79. The minimum Gasteiger partial charge on any atom is -0.468 e. The van der Waals surface area contributed by atoms with E-state index in [0.717, 1.165) is 4.43 Å². The van der Waals surface area contributed by atoms with Gasteiger partial charge < -0.3 is 9.47 Å². The summed E-state index contributed by atoms with van der Waals surface area (Å²) in [6.07, 6.45) is 8.93. The largest absolute Gasteiger partial charge is 0.468 e. The maximum atomic E-state index is 11.8. The lowest BCUT2D eigenvalue weighted by molar-refractivity contribution is -0.168. The maximum Gasteiger partial charge on any atom is 0.324 e. The average molecular weight is 350 g/mol. The van der Waals surface area contributed by atoms with Crippen LogP contribution in [0.2, 0.25) is 0 Å². The third kappa shape index (κ3) is 4.04. The minimum absolute atomic E-state index is 0.0437. The van der Waals surface area contributed by atoms with Gasteiger partial charge in [-0.25, -0.2) is 0 Å². The van der Waals surface area contributed by atoms with Gasteiger partial charge >= 0.3 is 11.9 Å². The van der Waals surface area contributed by atoms with Crippen molar-refractivity contribution in [3.8, 4) is 12.3 Å². The van der Waals surface area contributed by atoms with Gasteiger partial charge in [0.1, 0.15) is 0 Å². The number of rotatable bonds is 6. The molecule has 0 spiro atoms. The molecular formula is C12H15IO4. The smallest absolute Gasteiger partial charge is 0.324 e. The summed E-state index contributed by atoms with van der Waals surface area (Å²) in [4.78, 5) is 23.5. The molecule has 17 heavy (non-hydrogen) atoms. The van der Waals surface area contributed by atoms with Crippen LogP contribution in [0.25, 0.3) is 0 Å². The summed E-state index contributed by atoms with van der Waals surface area (Å²) in [7, 11) is 2.44. The number of terminal acetylenes is 1. The lowest BCUT2D eigenvalue weighted by Crippen LogP contribution is -2.40. The first-order chi connectivity index (χ1) is 8.08. The summed E-state index contributed by atoms with van der Waals surface area (Å²) in [5.41, 5.74) is -1.43. The van der Waals surface area contributed by atoms with E-state index in [9.17, 15) is 9.59 Å². The second-order valence-corrected chi connectivity index (χ2v) is 4.16. The molecule has 0 unspecified atom stereocenters. The van der Waals surface area contributed by atoms with Crippen molar-refractivity contribution < 1.29 is 19.1 Å². The van der Waals surface area contributed by atoms with Gasteiger partial charge in [-0.15, -0.1) is 12.3 Å². The van der Waals surface area contributed by atoms with Crippen LogP contribution in [0.4, 0.5) is 0 Å². The fraction of sp³-hybridized carbons (Fsp3) is 0.500. The van der Waals surface area contributed by atoms with E-state index in [1.807, 2.05) is 6.08 Å². The monoisotopic (exact) mass is 350 g/mol. The maximum absolute atomic E-state index is 11.8. The van der Waals surface area contributed by atoms with Crippen LogP contribution in [0.5, 0.6) is 0 Å². The SMILES string of the molecule is C#CCC(C/C=C/CI)(C(=O)OC)C(=O)OC. The molecule has 4 nitrogen and oxygen atoms in total. The van der Waals surface area contributed by atoms with E-state index >= 15 is 0 Å². The quantitative estimate of drug-likeness (QED) is 0.183. The molecule has 5 heteroatoms. The van der Waals surface area contributed by atoms with Gasteiger partial charge in [0.25, 0.3) is 0 Å². The van der Waals surface area contributed by atoms with Gasteiger partial charge in [-0.05, 0) is 6.42 Å². The van der Waals surface area contributed by atoms with Gasteiger partial charge in [0.2, 0.25) is 0 Å². The number of hydrogen-bond donors (Lipinski definition) is 0. The standard InChI is InChI=1S/C12H15IO4/c1-4-7-12(10(14)16-2,11(15)17-3)8-5-6-9-13/h1,5-6H,7-9H2,2-3H3/b6-5+. The molecule has 0 aromatic heterocycles. The molecule has 0 aliphatic heterocycles. The Bertz CT molecular complexity index is 325. The zero-order valence-electron chi connectivity index (χ0n) is 9.86. The van der Waals surface area contributed by atoms with Crippen molar-refractivity contribution in [2.24, 2.45) is 5.41 Å². The summed E-state index contributed by atoms with van der Waals surface area (Å²) in [5, 5.41) is 0. The number of carbonyl (C=O) groups is 2. The first-order valence-corrected chi connectivity index (χ1v) is 6.43. The number of halogens is 1. The predicted octanol–water partition coefficient (Wildman–Crippen LogP) is 1.72. The van der Waals surface area contributed by atoms with E-state index < -0.39 is 17.4 Å². The molecule has 0 saturated carbocycles. The van der Waals surface area contributed by atoms with Crippen molar-refractivity contribution in [3.63, 3.8) is 0 Å². The summed E-state index contributed by atoms with van der Waals surface area (Å²) in [5.74, 6) is 0.996. The Hall–Kier alpha value is -1.03. The zero-order chi connectivity index (χ0) is 13.3. The Balaban J connectivity index is 5.25. The highest BCUT2D eigenvalue weighted by molar-refractivity contribution is 14.1. The van der Waals surface area contributed by atoms with Gasteiger partial charge in [0.05, 0.1) is 14.2 Å². The average Bonchev–Trinajstić information content (AvgIpc) is 2.35. The van der Waals surface area contributed by atoms with E-state index in [1.54, 1.807) is 6.08 Å². The lowest BCUT2D eigenvalue weighted by Gasteiger charge is -2.24. The van der Waals surface area contributed by atoms with E-state index in [4.69, 9.17) is 6.42 Å². The summed E-state index contributed by atoms with van der Waals surface area (Å²) in [6, 6.07) is 0. The Morgan fingerprint density at radius 1 is 1.29 bits per heavy atom. The number of alkyl halides is 1. The Labute approximate surface area is 115 Å². The lowest BCUT2D eigenvalue weighted by atomic mass is 9.81. The number of ether oxygens (including phenoxy) is 2. The summed E-state index contributed by atoms with van der Waals surface area (Å²) in [6.45, 7) is 0. The number of carbonyl (C=O) groups excluding carboxylic acids is 2. The van der Waals surface area contributed by atoms with Crippen LogP contribution in [0.15, 0.2) is 12.2 Å². The topological polar surface area (TPSA) is 52.6 Å². The molecule has 0 aromatic rings. The van der Waals surface area contributed by atoms with Crippen LogP contribution in [-0.2, 0) is 19.1 Å². The Kier molecular flexibility index (Phi) is 7.63. The number of allylic oxidation sites excluding steroid dienone is 2. The van der Waals surface area contributed by atoms with E-state index in [-0.39, 0.29) is 12.8 Å². The highest BCUT2D eigenvalue weighted by Crippen LogP contribution is 2.30. The molecule has 0 heterocycles. The number of methoxy groups -OCH3 is 2. The van der Waals surface area contributed by atoms with Gasteiger partial charge in [0, 0.05) is 10.8 Å². The van der Waals surface area contributed by atoms with Crippen LogP contribution in [0, 0.1) is 17.8 Å². The van der Waals surface area contributed by atoms with Crippen LogP contribution < -0.4 is 0 Å². The molecule has 0 aliphatic rings. The molecule has 0 aliphatic carbocycles. The number of esters is 2. The molecule has 0 saturated heterocycles. The van der Waals surface area contributed by atoms with Gasteiger partial charge in [-0.3, -0.25) is 9.59 Å². The van der Waals surface area contributed by atoms with Gasteiger partial charge in [-0.2, -0.15) is 0 Å². The highest BCUT2D eigenvalue weighted by atomic mass is 127. The summed E-state index contributed by atoms with van der Waals surface area (Å²) >= 11 is 2.15. The molecule has 94 valence electrons.